The second-order valence-corrected chi connectivity index (χ2v) is 5.67. The summed E-state index contributed by atoms with van der Waals surface area (Å²) in [5.74, 6) is 1.26. The predicted molar refractivity (Wildman–Crippen MR) is 89.7 cm³/mol. The van der Waals surface area contributed by atoms with E-state index in [9.17, 15) is 0 Å². The number of fused-ring (bicyclic) bond motifs is 1. The summed E-state index contributed by atoms with van der Waals surface area (Å²) in [5.41, 5.74) is 5.54. The standard InChI is InChI=1S/C17H18ClN3/c1-12-7-8-15-16(9-12)21(17(11-18)19-15)14-6-4-5-13(10-14)20(2)3/h4-10H,11H2,1-3H3. The summed E-state index contributed by atoms with van der Waals surface area (Å²) in [5, 5.41) is 0. The summed E-state index contributed by atoms with van der Waals surface area (Å²) in [6.45, 7) is 2.09. The zero-order valence-electron chi connectivity index (χ0n) is 12.5. The molecule has 0 atom stereocenters. The fourth-order valence-corrected chi connectivity index (χ4v) is 2.70. The molecule has 0 aliphatic rings. The molecule has 1 heterocycles. The van der Waals surface area contributed by atoms with E-state index in [2.05, 4.69) is 57.8 Å². The van der Waals surface area contributed by atoms with Crippen molar-refractivity contribution in [1.82, 2.24) is 9.55 Å². The highest BCUT2D eigenvalue weighted by atomic mass is 35.5. The molecular weight excluding hydrogens is 282 g/mol. The molecule has 2 aromatic carbocycles. The lowest BCUT2D eigenvalue weighted by molar-refractivity contribution is 0.978. The molecule has 21 heavy (non-hydrogen) atoms. The van der Waals surface area contributed by atoms with E-state index < -0.39 is 0 Å². The molecule has 0 aliphatic carbocycles. The first-order valence-corrected chi connectivity index (χ1v) is 7.45. The summed E-state index contributed by atoms with van der Waals surface area (Å²) >= 11 is 6.10. The number of hydrogen-bond donors (Lipinski definition) is 0. The minimum atomic E-state index is 0.389. The van der Waals surface area contributed by atoms with Gasteiger partial charge in [-0.05, 0) is 42.8 Å². The van der Waals surface area contributed by atoms with Crippen LogP contribution in [0, 0.1) is 6.92 Å². The van der Waals surface area contributed by atoms with Crippen LogP contribution in [-0.2, 0) is 5.88 Å². The molecule has 0 radical (unpaired) electrons. The lowest BCUT2D eigenvalue weighted by atomic mass is 10.2. The molecule has 3 rings (SSSR count). The summed E-state index contributed by atoms with van der Waals surface area (Å²) in [6, 6.07) is 14.7. The first kappa shape index (κ1) is 14.0. The maximum Gasteiger partial charge on any atom is 0.129 e. The third-order valence-electron chi connectivity index (χ3n) is 3.60. The summed E-state index contributed by atoms with van der Waals surface area (Å²) in [7, 11) is 4.08. The smallest absolute Gasteiger partial charge is 0.129 e. The predicted octanol–water partition coefficient (Wildman–Crippen LogP) is 4.14. The summed E-state index contributed by atoms with van der Waals surface area (Å²) in [6.07, 6.45) is 0. The Bertz CT molecular complexity index is 790. The Balaban J connectivity index is 2.27. The van der Waals surface area contributed by atoms with Gasteiger partial charge in [0.15, 0.2) is 0 Å². The van der Waals surface area contributed by atoms with Gasteiger partial charge in [-0.2, -0.15) is 0 Å². The maximum atomic E-state index is 6.10. The second-order valence-electron chi connectivity index (χ2n) is 5.40. The number of anilines is 1. The van der Waals surface area contributed by atoms with E-state index in [1.54, 1.807) is 0 Å². The van der Waals surface area contributed by atoms with Gasteiger partial charge in [0.05, 0.1) is 16.9 Å². The van der Waals surface area contributed by atoms with Gasteiger partial charge in [0.1, 0.15) is 5.82 Å². The largest absolute Gasteiger partial charge is 0.378 e. The van der Waals surface area contributed by atoms with Gasteiger partial charge in [0.2, 0.25) is 0 Å². The van der Waals surface area contributed by atoms with Crippen molar-refractivity contribution >= 4 is 28.3 Å². The Morgan fingerprint density at radius 2 is 1.95 bits per heavy atom. The van der Waals surface area contributed by atoms with Crippen LogP contribution >= 0.6 is 11.6 Å². The quantitative estimate of drug-likeness (QED) is 0.678. The van der Waals surface area contributed by atoms with E-state index in [-0.39, 0.29) is 0 Å². The van der Waals surface area contributed by atoms with E-state index in [1.165, 1.54) is 5.56 Å². The van der Waals surface area contributed by atoms with Crippen LogP contribution in [0.2, 0.25) is 0 Å². The van der Waals surface area contributed by atoms with Crippen molar-refractivity contribution in [3.63, 3.8) is 0 Å². The molecule has 0 fully saturated rings. The number of rotatable bonds is 3. The lowest BCUT2D eigenvalue weighted by Crippen LogP contribution is -2.09. The van der Waals surface area contributed by atoms with Gasteiger partial charge in [-0.25, -0.2) is 4.98 Å². The van der Waals surface area contributed by atoms with Crippen LogP contribution in [0.25, 0.3) is 16.7 Å². The van der Waals surface area contributed by atoms with Gasteiger partial charge < -0.3 is 4.90 Å². The highest BCUT2D eigenvalue weighted by Gasteiger charge is 2.12. The Labute approximate surface area is 129 Å². The lowest BCUT2D eigenvalue weighted by Gasteiger charge is -2.15. The first-order chi connectivity index (χ1) is 10.1. The number of halogens is 1. The van der Waals surface area contributed by atoms with Gasteiger partial charge in [-0.15, -0.1) is 11.6 Å². The molecule has 0 amide bonds. The van der Waals surface area contributed by atoms with Crippen LogP contribution in [0.1, 0.15) is 11.4 Å². The van der Waals surface area contributed by atoms with Crippen LogP contribution in [0.5, 0.6) is 0 Å². The number of aromatic nitrogens is 2. The van der Waals surface area contributed by atoms with Gasteiger partial charge in [0.25, 0.3) is 0 Å². The molecular formula is C17H18ClN3. The average Bonchev–Trinajstić information content (AvgIpc) is 2.85. The van der Waals surface area contributed by atoms with E-state index in [0.717, 1.165) is 28.2 Å². The van der Waals surface area contributed by atoms with Crippen molar-refractivity contribution in [2.75, 3.05) is 19.0 Å². The molecule has 1 aromatic heterocycles. The maximum absolute atomic E-state index is 6.10. The molecule has 0 unspecified atom stereocenters. The molecule has 0 saturated heterocycles. The zero-order chi connectivity index (χ0) is 15.0. The van der Waals surface area contributed by atoms with Gasteiger partial charge >= 0.3 is 0 Å². The van der Waals surface area contributed by atoms with Crippen molar-refractivity contribution in [2.24, 2.45) is 0 Å². The summed E-state index contributed by atoms with van der Waals surface area (Å²) in [4.78, 5) is 6.73. The van der Waals surface area contributed by atoms with Crippen molar-refractivity contribution < 1.29 is 0 Å². The highest BCUT2D eigenvalue weighted by Crippen LogP contribution is 2.25. The molecule has 0 N–H and O–H groups in total. The molecule has 3 nitrogen and oxygen atoms in total. The van der Waals surface area contributed by atoms with Crippen LogP contribution in [-0.4, -0.2) is 23.6 Å². The van der Waals surface area contributed by atoms with E-state index in [4.69, 9.17) is 11.6 Å². The molecule has 108 valence electrons. The fraction of sp³-hybridized carbons (Fsp3) is 0.235. The number of alkyl halides is 1. The highest BCUT2D eigenvalue weighted by molar-refractivity contribution is 6.17. The number of hydrogen-bond acceptors (Lipinski definition) is 2. The van der Waals surface area contributed by atoms with Crippen LogP contribution < -0.4 is 4.90 Å². The molecule has 0 aliphatic heterocycles. The van der Waals surface area contributed by atoms with Gasteiger partial charge in [-0.3, -0.25) is 4.57 Å². The Kier molecular flexibility index (Phi) is 3.60. The van der Waals surface area contributed by atoms with E-state index in [0.29, 0.717) is 5.88 Å². The number of nitrogens with zero attached hydrogens (tertiary/aromatic N) is 3. The fourth-order valence-electron chi connectivity index (χ4n) is 2.52. The van der Waals surface area contributed by atoms with Gasteiger partial charge in [0, 0.05) is 25.5 Å². The summed E-state index contributed by atoms with van der Waals surface area (Å²) < 4.78 is 2.14. The Hall–Kier alpha value is -2.00. The first-order valence-electron chi connectivity index (χ1n) is 6.92. The van der Waals surface area contributed by atoms with Crippen molar-refractivity contribution in [2.45, 2.75) is 12.8 Å². The van der Waals surface area contributed by atoms with Gasteiger partial charge in [-0.1, -0.05) is 12.1 Å². The topological polar surface area (TPSA) is 21.1 Å². The number of imidazole rings is 1. The number of aryl methyl sites for hydroxylation is 1. The van der Waals surface area contributed by atoms with Crippen molar-refractivity contribution in [3.8, 4) is 5.69 Å². The van der Waals surface area contributed by atoms with Crippen molar-refractivity contribution in [1.29, 1.82) is 0 Å². The third kappa shape index (κ3) is 2.49. The monoisotopic (exact) mass is 299 g/mol. The Morgan fingerprint density at radius 1 is 1.14 bits per heavy atom. The molecule has 0 saturated carbocycles. The Morgan fingerprint density at radius 3 is 2.67 bits per heavy atom. The average molecular weight is 300 g/mol. The zero-order valence-corrected chi connectivity index (χ0v) is 13.2. The normalized spacial score (nSPS) is 11.0. The minimum absolute atomic E-state index is 0.389. The molecule has 0 spiro atoms. The molecule has 4 heteroatoms. The number of benzene rings is 2. The third-order valence-corrected chi connectivity index (χ3v) is 3.84. The minimum Gasteiger partial charge on any atom is -0.378 e. The van der Waals surface area contributed by atoms with E-state index >= 15 is 0 Å². The van der Waals surface area contributed by atoms with Crippen molar-refractivity contribution in [3.05, 3.63) is 53.9 Å². The van der Waals surface area contributed by atoms with Crippen LogP contribution in [0.15, 0.2) is 42.5 Å². The molecule has 0 bridgehead atoms. The molecule has 3 aromatic rings. The van der Waals surface area contributed by atoms with E-state index in [1.807, 2.05) is 20.2 Å². The second kappa shape index (κ2) is 5.41. The SMILES string of the molecule is Cc1ccc2nc(CCl)n(-c3cccc(N(C)C)c3)c2c1. The van der Waals surface area contributed by atoms with Crippen LogP contribution in [0.4, 0.5) is 5.69 Å². The van der Waals surface area contributed by atoms with Crippen LogP contribution in [0.3, 0.4) is 0 Å².